The van der Waals surface area contributed by atoms with Gasteiger partial charge in [0.1, 0.15) is 17.1 Å². The molecule has 1 saturated carbocycles. The van der Waals surface area contributed by atoms with Crippen molar-refractivity contribution in [2.45, 2.75) is 57.4 Å². The molecule has 4 N–H and O–H groups in total. The molecule has 2 fully saturated rings. The maximum Gasteiger partial charge on any atom is 0.325 e. The number of primary amides is 1. The summed E-state index contributed by atoms with van der Waals surface area (Å²) in [7, 11) is 0. The predicted molar refractivity (Wildman–Crippen MR) is 104 cm³/mol. The summed E-state index contributed by atoms with van der Waals surface area (Å²) < 4.78 is 0. The van der Waals surface area contributed by atoms with E-state index in [1.54, 1.807) is 6.92 Å². The highest BCUT2D eigenvalue weighted by atomic mass is 32.1. The number of hydrogen-bond donors (Lipinski definition) is 3. The smallest absolute Gasteiger partial charge is 0.325 e. The monoisotopic (exact) mass is 404 g/mol. The van der Waals surface area contributed by atoms with Gasteiger partial charge in [0.25, 0.3) is 11.8 Å². The van der Waals surface area contributed by atoms with E-state index in [4.69, 9.17) is 5.73 Å². The van der Waals surface area contributed by atoms with Crippen LogP contribution in [0.15, 0.2) is 0 Å². The first-order valence-corrected chi connectivity index (χ1v) is 10.5. The van der Waals surface area contributed by atoms with Gasteiger partial charge in [-0.1, -0.05) is 6.42 Å². The number of fused-ring (bicyclic) bond motifs is 1. The lowest BCUT2D eigenvalue weighted by molar-refractivity contribution is -0.134. The maximum atomic E-state index is 12.7. The minimum Gasteiger partial charge on any atom is -0.365 e. The topological polar surface area (TPSA) is 122 Å². The number of aryl methyl sites for hydroxylation is 1. The van der Waals surface area contributed by atoms with E-state index in [2.05, 4.69) is 10.6 Å². The molecular formula is C19H24N4O4S. The van der Waals surface area contributed by atoms with Crippen LogP contribution in [0, 0.1) is 5.92 Å². The zero-order valence-corrected chi connectivity index (χ0v) is 16.6. The molecule has 1 aliphatic heterocycles. The highest BCUT2D eigenvalue weighted by molar-refractivity contribution is 7.17. The zero-order valence-electron chi connectivity index (χ0n) is 15.8. The van der Waals surface area contributed by atoms with Gasteiger partial charge in [-0.3, -0.25) is 19.3 Å². The number of urea groups is 1. The van der Waals surface area contributed by atoms with Crippen molar-refractivity contribution in [1.29, 1.82) is 0 Å². The Morgan fingerprint density at radius 2 is 1.96 bits per heavy atom. The summed E-state index contributed by atoms with van der Waals surface area (Å²) in [5.74, 6) is -1.31. The average Bonchev–Trinajstić information content (AvgIpc) is 3.42. The standard InChI is InChI=1S/C19H24N4O4S/c1-19(10-7-8-10)17(26)23(18(27)22-19)9-13(24)21-16-14(15(20)25)11-5-3-2-4-6-12(11)28-16/h10H,2-9H2,1H3,(H2,20,25)(H,21,24)(H,22,27). The normalized spacial score (nSPS) is 24.5. The van der Waals surface area contributed by atoms with Crippen molar-refractivity contribution in [2.75, 3.05) is 11.9 Å². The van der Waals surface area contributed by atoms with Crippen LogP contribution in [0.25, 0.3) is 0 Å². The van der Waals surface area contributed by atoms with Gasteiger partial charge < -0.3 is 16.4 Å². The minimum absolute atomic E-state index is 0.131. The first-order valence-electron chi connectivity index (χ1n) is 9.69. The van der Waals surface area contributed by atoms with Crippen molar-refractivity contribution < 1.29 is 19.2 Å². The SMILES string of the molecule is CC1(C2CC2)NC(=O)N(CC(=O)Nc2sc3c(c2C(N)=O)CCCCC3)C1=O. The van der Waals surface area contributed by atoms with Gasteiger partial charge in [0.05, 0.1) is 5.56 Å². The summed E-state index contributed by atoms with van der Waals surface area (Å²) in [4.78, 5) is 51.5. The van der Waals surface area contributed by atoms with Crippen LogP contribution in [-0.4, -0.2) is 40.7 Å². The van der Waals surface area contributed by atoms with Crippen molar-refractivity contribution in [3.63, 3.8) is 0 Å². The van der Waals surface area contributed by atoms with E-state index in [1.165, 1.54) is 11.3 Å². The molecule has 0 bridgehead atoms. The van der Waals surface area contributed by atoms with Crippen LogP contribution in [0.1, 0.15) is 59.8 Å². The number of hydrogen-bond acceptors (Lipinski definition) is 5. The molecule has 1 unspecified atom stereocenters. The lowest BCUT2D eigenvalue weighted by Gasteiger charge is -2.20. The van der Waals surface area contributed by atoms with Gasteiger partial charge in [-0.05, 0) is 56.9 Å². The Labute approximate surface area is 166 Å². The fourth-order valence-electron chi connectivity index (χ4n) is 4.20. The van der Waals surface area contributed by atoms with E-state index >= 15 is 0 Å². The summed E-state index contributed by atoms with van der Waals surface area (Å²) in [6.07, 6.45) is 6.56. The molecule has 150 valence electrons. The van der Waals surface area contributed by atoms with Crippen LogP contribution in [0.2, 0.25) is 0 Å². The highest BCUT2D eigenvalue weighted by Gasteiger charge is 2.56. The third-order valence-corrected chi connectivity index (χ3v) is 7.12. The molecule has 5 amide bonds. The fourth-order valence-corrected chi connectivity index (χ4v) is 5.51. The second-order valence-electron chi connectivity index (χ2n) is 7.98. The number of rotatable bonds is 5. The predicted octanol–water partition coefficient (Wildman–Crippen LogP) is 1.77. The van der Waals surface area contributed by atoms with Gasteiger partial charge in [0.15, 0.2) is 0 Å². The van der Waals surface area contributed by atoms with Crippen LogP contribution in [0.3, 0.4) is 0 Å². The van der Waals surface area contributed by atoms with E-state index in [-0.39, 0.29) is 18.4 Å². The molecule has 0 aromatic carbocycles. The molecule has 8 nitrogen and oxygen atoms in total. The van der Waals surface area contributed by atoms with Crippen LogP contribution in [0.4, 0.5) is 9.80 Å². The van der Waals surface area contributed by atoms with Crippen LogP contribution >= 0.6 is 11.3 Å². The van der Waals surface area contributed by atoms with Crippen LogP contribution < -0.4 is 16.4 Å². The molecular weight excluding hydrogens is 380 g/mol. The molecule has 9 heteroatoms. The van der Waals surface area contributed by atoms with Gasteiger partial charge in [-0.15, -0.1) is 11.3 Å². The molecule has 0 spiro atoms. The van der Waals surface area contributed by atoms with E-state index in [0.717, 1.165) is 60.3 Å². The van der Waals surface area contributed by atoms with Gasteiger partial charge in [-0.2, -0.15) is 0 Å². The number of thiophene rings is 1. The van der Waals surface area contributed by atoms with Crippen LogP contribution in [-0.2, 0) is 22.4 Å². The highest BCUT2D eigenvalue weighted by Crippen LogP contribution is 2.42. The third kappa shape index (κ3) is 3.17. The van der Waals surface area contributed by atoms with Crippen molar-refractivity contribution >= 4 is 40.1 Å². The number of nitrogens with two attached hydrogens (primary N) is 1. The Kier molecular flexibility index (Phi) is 4.65. The second kappa shape index (κ2) is 6.88. The first-order chi connectivity index (χ1) is 13.3. The molecule has 0 radical (unpaired) electrons. The molecule has 2 heterocycles. The van der Waals surface area contributed by atoms with E-state index in [9.17, 15) is 19.2 Å². The molecule has 2 aliphatic carbocycles. The summed E-state index contributed by atoms with van der Waals surface area (Å²) >= 11 is 1.37. The summed E-state index contributed by atoms with van der Waals surface area (Å²) in [6.45, 7) is 1.33. The van der Waals surface area contributed by atoms with Crippen molar-refractivity contribution in [3.8, 4) is 0 Å². The van der Waals surface area contributed by atoms with Crippen molar-refractivity contribution in [2.24, 2.45) is 11.7 Å². The summed E-state index contributed by atoms with van der Waals surface area (Å²) in [6, 6.07) is -0.549. The van der Waals surface area contributed by atoms with E-state index in [1.807, 2.05) is 0 Å². The quantitative estimate of drug-likeness (QED) is 0.511. The van der Waals surface area contributed by atoms with Crippen molar-refractivity contribution in [1.82, 2.24) is 10.2 Å². The summed E-state index contributed by atoms with van der Waals surface area (Å²) in [5, 5.41) is 5.86. The Hall–Kier alpha value is -2.42. The number of imide groups is 1. The first kappa shape index (κ1) is 18.9. The Balaban J connectivity index is 1.51. The lowest BCUT2D eigenvalue weighted by Crippen LogP contribution is -2.46. The molecule has 28 heavy (non-hydrogen) atoms. The largest absolute Gasteiger partial charge is 0.365 e. The molecule has 1 aromatic rings. The number of amides is 5. The van der Waals surface area contributed by atoms with E-state index in [0.29, 0.717) is 10.6 Å². The Morgan fingerprint density at radius 1 is 1.25 bits per heavy atom. The van der Waals surface area contributed by atoms with Crippen molar-refractivity contribution in [3.05, 3.63) is 16.0 Å². The number of anilines is 1. The summed E-state index contributed by atoms with van der Waals surface area (Å²) in [5.41, 5.74) is 5.96. The van der Waals surface area contributed by atoms with Gasteiger partial charge in [0.2, 0.25) is 5.91 Å². The fraction of sp³-hybridized carbons (Fsp3) is 0.579. The number of carbonyl (C=O) groups excluding carboxylic acids is 4. The third-order valence-electron chi connectivity index (χ3n) is 5.92. The van der Waals surface area contributed by atoms with Crippen LogP contribution in [0.5, 0.6) is 0 Å². The minimum atomic E-state index is -0.921. The Bertz CT molecular complexity index is 876. The molecule has 1 atom stereocenters. The number of nitrogens with zero attached hydrogens (tertiary/aromatic N) is 1. The molecule has 3 aliphatic rings. The Morgan fingerprint density at radius 3 is 2.64 bits per heavy atom. The molecule has 1 saturated heterocycles. The second-order valence-corrected chi connectivity index (χ2v) is 9.08. The number of carbonyl (C=O) groups is 4. The van der Waals surface area contributed by atoms with Gasteiger partial charge >= 0.3 is 6.03 Å². The number of nitrogens with one attached hydrogen (secondary N) is 2. The lowest BCUT2D eigenvalue weighted by atomic mass is 9.96. The van der Waals surface area contributed by atoms with Gasteiger partial charge in [-0.25, -0.2) is 4.79 Å². The zero-order chi connectivity index (χ0) is 20.1. The van der Waals surface area contributed by atoms with Gasteiger partial charge in [0, 0.05) is 4.88 Å². The molecule has 1 aromatic heterocycles. The van der Waals surface area contributed by atoms with E-state index < -0.39 is 23.4 Å². The molecule has 4 rings (SSSR count). The average molecular weight is 404 g/mol. The maximum absolute atomic E-state index is 12.7.